The van der Waals surface area contributed by atoms with E-state index >= 15 is 0 Å². The Balaban J connectivity index is 1.23. The number of amides is 1. The smallest absolute Gasteiger partial charge is 0.226 e. The third-order valence-corrected chi connectivity index (χ3v) is 5.66. The second kappa shape index (κ2) is 9.84. The molecule has 1 N–H and O–H groups in total. The molecule has 156 valence electrons. The highest BCUT2D eigenvalue weighted by Gasteiger charge is 2.21. The lowest BCUT2D eigenvalue weighted by molar-refractivity contribution is -0.121. The number of morpholine rings is 1. The topological polar surface area (TPSA) is 80.2 Å². The summed E-state index contributed by atoms with van der Waals surface area (Å²) >= 11 is 1.44. The van der Waals surface area contributed by atoms with Gasteiger partial charge in [-0.25, -0.2) is 9.37 Å². The second-order valence-electron chi connectivity index (χ2n) is 7.07. The van der Waals surface area contributed by atoms with Crippen LogP contribution in [0.15, 0.2) is 48.2 Å². The monoisotopic (exact) mass is 427 g/mol. The highest BCUT2D eigenvalue weighted by Crippen LogP contribution is 2.21. The van der Waals surface area contributed by atoms with Gasteiger partial charge in [0.25, 0.3) is 0 Å². The number of benzene rings is 1. The predicted octanol–water partition coefficient (Wildman–Crippen LogP) is 2.30. The Morgan fingerprint density at radius 3 is 2.97 bits per heavy atom. The maximum Gasteiger partial charge on any atom is 0.226 e. The van der Waals surface area contributed by atoms with E-state index in [1.807, 2.05) is 5.38 Å². The molecule has 0 bridgehead atoms. The summed E-state index contributed by atoms with van der Waals surface area (Å²) in [5.74, 6) is -0.324. The van der Waals surface area contributed by atoms with Crippen molar-refractivity contribution in [1.29, 1.82) is 0 Å². The van der Waals surface area contributed by atoms with Crippen molar-refractivity contribution in [2.75, 3.05) is 26.2 Å². The van der Waals surface area contributed by atoms with E-state index in [4.69, 9.17) is 4.74 Å². The van der Waals surface area contributed by atoms with E-state index < -0.39 is 0 Å². The zero-order valence-corrected chi connectivity index (χ0v) is 17.1. The van der Waals surface area contributed by atoms with Crippen LogP contribution in [0, 0.1) is 5.82 Å². The fourth-order valence-corrected chi connectivity index (χ4v) is 4.05. The van der Waals surface area contributed by atoms with Gasteiger partial charge in [0.15, 0.2) is 0 Å². The number of halogens is 1. The van der Waals surface area contributed by atoms with Crippen LogP contribution < -0.4 is 5.32 Å². The number of carbonyl (C=O) groups excluding carboxylic acids is 1. The van der Waals surface area contributed by atoms with Crippen molar-refractivity contribution in [3.05, 3.63) is 65.3 Å². The first kappa shape index (κ1) is 20.5. The van der Waals surface area contributed by atoms with E-state index in [2.05, 4.69) is 25.2 Å². The number of rotatable bonds is 7. The molecule has 30 heavy (non-hydrogen) atoms. The Hall–Kier alpha value is -2.75. The Morgan fingerprint density at radius 2 is 2.17 bits per heavy atom. The van der Waals surface area contributed by atoms with E-state index in [1.165, 1.54) is 23.5 Å². The average molecular weight is 428 g/mol. The standard InChI is InChI=1S/C21H22FN5O2S/c22-16-3-1-15(2-4-16)12-27-7-8-29-18(13-27)10-25-20(28)9-17-14-30-21(26-17)19-11-23-5-6-24-19/h1-6,11,14,18H,7-10,12-13H2,(H,25,28). The van der Waals surface area contributed by atoms with Gasteiger partial charge in [-0.2, -0.15) is 0 Å². The second-order valence-corrected chi connectivity index (χ2v) is 7.93. The molecule has 1 atom stereocenters. The fourth-order valence-electron chi connectivity index (χ4n) is 3.27. The average Bonchev–Trinajstić information content (AvgIpc) is 3.23. The third-order valence-electron chi connectivity index (χ3n) is 4.74. The minimum Gasteiger partial charge on any atom is -0.374 e. The Bertz CT molecular complexity index is 967. The molecule has 7 nitrogen and oxygen atoms in total. The number of hydrogen-bond donors (Lipinski definition) is 1. The van der Waals surface area contributed by atoms with E-state index in [0.717, 1.165) is 23.7 Å². The molecule has 1 fully saturated rings. The lowest BCUT2D eigenvalue weighted by atomic mass is 10.2. The molecular formula is C21H22FN5O2S. The van der Waals surface area contributed by atoms with E-state index in [1.54, 1.807) is 30.7 Å². The molecule has 0 radical (unpaired) electrons. The molecule has 4 rings (SSSR count). The summed E-state index contributed by atoms with van der Waals surface area (Å²) in [5, 5.41) is 5.55. The van der Waals surface area contributed by atoms with Crippen molar-refractivity contribution >= 4 is 17.2 Å². The highest BCUT2D eigenvalue weighted by atomic mass is 32.1. The van der Waals surface area contributed by atoms with Crippen LogP contribution in [-0.4, -0.2) is 58.1 Å². The third kappa shape index (κ3) is 5.65. The van der Waals surface area contributed by atoms with Gasteiger partial charge in [0, 0.05) is 44.0 Å². The van der Waals surface area contributed by atoms with Gasteiger partial charge in [-0.05, 0) is 17.7 Å². The van der Waals surface area contributed by atoms with Crippen molar-refractivity contribution in [3.8, 4) is 10.7 Å². The van der Waals surface area contributed by atoms with Crippen LogP contribution in [0.1, 0.15) is 11.3 Å². The summed E-state index contributed by atoms with van der Waals surface area (Å²) in [6.45, 7) is 3.31. The first-order valence-electron chi connectivity index (χ1n) is 9.71. The SMILES string of the molecule is O=C(Cc1csc(-c2cnccn2)n1)NCC1CN(Cc2ccc(F)cc2)CCO1. The summed E-state index contributed by atoms with van der Waals surface area (Å²) in [7, 11) is 0. The van der Waals surface area contributed by atoms with Gasteiger partial charge in [-0.1, -0.05) is 12.1 Å². The molecule has 1 aliphatic heterocycles. The molecular weight excluding hydrogens is 405 g/mol. The van der Waals surface area contributed by atoms with Crippen LogP contribution in [0.4, 0.5) is 4.39 Å². The number of carbonyl (C=O) groups is 1. The largest absolute Gasteiger partial charge is 0.374 e. The number of thiazole rings is 1. The molecule has 0 aliphatic carbocycles. The van der Waals surface area contributed by atoms with Crippen LogP contribution in [0.2, 0.25) is 0 Å². The minimum atomic E-state index is -0.231. The highest BCUT2D eigenvalue weighted by molar-refractivity contribution is 7.13. The molecule has 9 heteroatoms. The molecule has 1 aliphatic rings. The van der Waals surface area contributed by atoms with Crippen molar-refractivity contribution in [2.24, 2.45) is 0 Å². The zero-order chi connectivity index (χ0) is 20.8. The van der Waals surface area contributed by atoms with Crippen molar-refractivity contribution in [3.63, 3.8) is 0 Å². The summed E-state index contributed by atoms with van der Waals surface area (Å²) in [6.07, 6.45) is 5.02. The summed E-state index contributed by atoms with van der Waals surface area (Å²) < 4.78 is 18.8. The number of nitrogens with zero attached hydrogens (tertiary/aromatic N) is 4. The number of nitrogens with one attached hydrogen (secondary N) is 1. The number of ether oxygens (including phenoxy) is 1. The summed E-state index contributed by atoms with van der Waals surface area (Å²) in [4.78, 5) is 27.3. The van der Waals surface area contributed by atoms with Crippen molar-refractivity contribution < 1.29 is 13.9 Å². The maximum absolute atomic E-state index is 13.1. The number of hydrogen-bond acceptors (Lipinski definition) is 7. The first-order chi connectivity index (χ1) is 14.7. The van der Waals surface area contributed by atoms with Crippen LogP contribution >= 0.6 is 11.3 Å². The molecule has 3 heterocycles. The first-order valence-corrected chi connectivity index (χ1v) is 10.6. The van der Waals surface area contributed by atoms with Crippen molar-refractivity contribution in [1.82, 2.24) is 25.2 Å². The lowest BCUT2D eigenvalue weighted by Gasteiger charge is -2.33. The van der Waals surface area contributed by atoms with Crippen LogP contribution in [0.5, 0.6) is 0 Å². The van der Waals surface area contributed by atoms with E-state index in [9.17, 15) is 9.18 Å². The normalized spacial score (nSPS) is 17.0. The fraction of sp³-hybridized carbons (Fsp3) is 0.333. The number of aromatic nitrogens is 3. The van der Waals surface area contributed by atoms with Gasteiger partial charge in [0.1, 0.15) is 16.5 Å². The zero-order valence-electron chi connectivity index (χ0n) is 16.3. The predicted molar refractivity (Wildman–Crippen MR) is 111 cm³/mol. The van der Waals surface area contributed by atoms with E-state index in [-0.39, 0.29) is 24.2 Å². The van der Waals surface area contributed by atoms with Crippen molar-refractivity contribution in [2.45, 2.75) is 19.1 Å². The summed E-state index contributed by atoms with van der Waals surface area (Å²) in [6, 6.07) is 6.54. The Kier molecular flexibility index (Phi) is 6.73. The van der Waals surface area contributed by atoms with Crippen LogP contribution in [-0.2, 0) is 22.5 Å². The van der Waals surface area contributed by atoms with Gasteiger partial charge in [-0.3, -0.25) is 19.7 Å². The van der Waals surface area contributed by atoms with Crippen LogP contribution in [0.25, 0.3) is 10.7 Å². The van der Waals surface area contributed by atoms with Gasteiger partial charge in [0.2, 0.25) is 5.91 Å². The molecule has 1 amide bonds. The van der Waals surface area contributed by atoms with Gasteiger partial charge >= 0.3 is 0 Å². The lowest BCUT2D eigenvalue weighted by Crippen LogP contribution is -2.47. The van der Waals surface area contributed by atoms with Crippen LogP contribution in [0.3, 0.4) is 0 Å². The molecule has 1 unspecified atom stereocenters. The molecule has 0 spiro atoms. The Morgan fingerprint density at radius 1 is 1.30 bits per heavy atom. The van der Waals surface area contributed by atoms with Gasteiger partial charge in [-0.15, -0.1) is 11.3 Å². The molecule has 3 aromatic rings. The molecule has 0 saturated carbocycles. The quantitative estimate of drug-likeness (QED) is 0.623. The maximum atomic E-state index is 13.1. The molecule has 1 aromatic carbocycles. The molecule has 2 aromatic heterocycles. The van der Waals surface area contributed by atoms with E-state index in [0.29, 0.717) is 31.1 Å². The Labute approximate surface area is 178 Å². The summed E-state index contributed by atoms with van der Waals surface area (Å²) in [5.41, 5.74) is 2.47. The van der Waals surface area contributed by atoms with Gasteiger partial charge in [0.05, 0.1) is 31.0 Å². The van der Waals surface area contributed by atoms with Gasteiger partial charge < -0.3 is 10.1 Å². The molecule has 1 saturated heterocycles. The minimum absolute atomic E-state index is 0.0752.